The Morgan fingerprint density at radius 3 is 0.879 bits per heavy atom. The number of aromatic nitrogens is 16. The highest BCUT2D eigenvalue weighted by atomic mass is 15.0. The second-order valence-corrected chi connectivity index (χ2v) is 21.3. The molecule has 0 fully saturated rings. The predicted octanol–water partition coefficient (Wildman–Crippen LogP) is 28.6. The van der Waals surface area contributed by atoms with Gasteiger partial charge < -0.3 is 0 Å². The Morgan fingerprint density at radius 1 is 0.202 bits per heavy atom. The zero-order valence-electron chi connectivity index (χ0n) is 88.9. The molecular weight excluding hydrogens is 1520 g/mol. The number of fused-ring (bicyclic) bond motifs is 3. The van der Waals surface area contributed by atoms with E-state index in [1.54, 1.807) is 55.9 Å². The Balaban J connectivity index is -0.000000128. The fraction of sp³-hybridized carbons (Fsp3) is 0.463. The van der Waals surface area contributed by atoms with Gasteiger partial charge in [0.05, 0.1) is 111 Å². The molecule has 16 heteroatoms. The van der Waals surface area contributed by atoms with Gasteiger partial charge >= 0.3 is 29.1 Å². The van der Waals surface area contributed by atoms with Crippen molar-refractivity contribution >= 4 is 21.7 Å². The fourth-order valence-corrected chi connectivity index (χ4v) is 10.0. The van der Waals surface area contributed by atoms with Crippen LogP contribution in [0.15, 0.2) is 221 Å². The molecule has 0 aliphatic heterocycles. The average molecular weight is 1710 g/mol. The van der Waals surface area contributed by atoms with Gasteiger partial charge in [-0.3, -0.25) is 15.0 Å². The van der Waals surface area contributed by atoms with E-state index in [2.05, 4.69) is 145 Å². The van der Waals surface area contributed by atoms with Gasteiger partial charge in [-0.15, -0.1) is 0 Å². The summed E-state index contributed by atoms with van der Waals surface area (Å²) in [6, 6.07) is 36.7. The van der Waals surface area contributed by atoms with Crippen molar-refractivity contribution in [2.75, 3.05) is 0 Å². The molecule has 13 rings (SSSR count). The summed E-state index contributed by atoms with van der Waals surface area (Å²) < 4.78 is 12.2. The van der Waals surface area contributed by atoms with Crippen LogP contribution >= 0.6 is 0 Å². The van der Waals surface area contributed by atoms with Crippen molar-refractivity contribution in [3.63, 3.8) is 0 Å². The van der Waals surface area contributed by atoms with Crippen molar-refractivity contribution in [2.45, 2.75) is 305 Å². The highest BCUT2D eigenvalue weighted by molar-refractivity contribution is 6.08. The van der Waals surface area contributed by atoms with Gasteiger partial charge in [0.15, 0.2) is 6.20 Å². The van der Waals surface area contributed by atoms with Crippen molar-refractivity contribution in [1.82, 2.24) is 49.8 Å². The molecule has 0 saturated carbocycles. The van der Waals surface area contributed by atoms with Crippen molar-refractivity contribution in [2.24, 2.45) is 42.3 Å². The average Bonchev–Trinajstić information content (AvgIpc) is 0.746. The van der Waals surface area contributed by atoms with E-state index in [9.17, 15) is 0 Å². The maximum atomic E-state index is 4.37. The summed E-state index contributed by atoms with van der Waals surface area (Å²) in [7, 11) is 12.0. The smallest absolute Gasteiger partial charge is 0.264 e. The summed E-state index contributed by atoms with van der Waals surface area (Å²) in [5, 5.41) is 4.12. The van der Waals surface area contributed by atoms with E-state index in [4.69, 9.17) is 0 Å². The number of hydrogen-bond acceptors (Lipinski definition) is 10. The minimum atomic E-state index is 0.880. The lowest BCUT2D eigenvalue weighted by Crippen LogP contribution is -2.31. The van der Waals surface area contributed by atoms with Crippen LogP contribution in [0.5, 0.6) is 0 Å². The van der Waals surface area contributed by atoms with Crippen LogP contribution in [-0.4, -0.2) is 49.8 Å². The molecule has 0 spiro atoms. The molecule has 3 aromatic carbocycles. The first kappa shape index (κ1) is 136. The van der Waals surface area contributed by atoms with Gasteiger partial charge in [-0.1, -0.05) is 286 Å². The van der Waals surface area contributed by atoms with Crippen LogP contribution in [0.2, 0.25) is 0 Å². The van der Waals surface area contributed by atoms with E-state index >= 15 is 0 Å². The number of hydrogen-bond donors (Lipinski definition) is 0. The molecule has 10 heterocycles. The van der Waals surface area contributed by atoms with Gasteiger partial charge in [0, 0.05) is 73.6 Å². The normalized spacial score (nSPS) is 8.24. The molecule has 0 unspecified atom stereocenters. The first-order valence-corrected chi connectivity index (χ1v) is 46.9. The van der Waals surface area contributed by atoms with Crippen molar-refractivity contribution < 1.29 is 27.4 Å². The number of nitrogens with zero attached hydrogens (tertiary/aromatic N) is 16. The van der Waals surface area contributed by atoms with Crippen LogP contribution in [0, 0.1) is 55.4 Å². The molecule has 0 N–H and O–H groups in total. The Hall–Kier alpha value is -10.7. The van der Waals surface area contributed by atoms with Crippen molar-refractivity contribution in [3.05, 3.63) is 266 Å². The monoisotopic (exact) mass is 1710 g/mol. The summed E-state index contributed by atoms with van der Waals surface area (Å²) in [5.74, 6) is 4.74. The molecule has 13 aromatic rings. The molecule has 692 valence electrons. The third-order valence-electron chi connectivity index (χ3n) is 15.0. The molecule has 16 nitrogen and oxygen atoms in total. The Morgan fingerprint density at radius 2 is 0.500 bits per heavy atom. The van der Waals surface area contributed by atoms with Gasteiger partial charge in [-0.05, 0) is 155 Å². The summed E-state index contributed by atoms with van der Waals surface area (Å²) in [4.78, 5) is 42.2. The van der Waals surface area contributed by atoms with E-state index in [1.165, 1.54) is 55.1 Å². The molecule has 0 saturated heterocycles. The highest BCUT2D eigenvalue weighted by Gasteiger charge is 2.20. The largest absolute Gasteiger partial charge is 0.333 e. The lowest BCUT2D eigenvalue weighted by molar-refractivity contribution is -0.663. The lowest BCUT2D eigenvalue weighted by Gasteiger charge is -2.11. The van der Waals surface area contributed by atoms with E-state index in [1.807, 2.05) is 444 Å². The van der Waals surface area contributed by atoms with Crippen LogP contribution in [0.4, 0.5) is 0 Å². The molecule has 0 aliphatic rings. The van der Waals surface area contributed by atoms with Gasteiger partial charge in [-0.2, -0.15) is 0 Å². The zero-order chi connectivity index (χ0) is 98.7. The molecule has 0 amide bonds. The Bertz CT molecular complexity index is 3710. The van der Waals surface area contributed by atoms with Crippen LogP contribution < -0.4 is 27.4 Å². The predicted molar refractivity (Wildman–Crippen MR) is 548 cm³/mol. The molecule has 124 heavy (non-hydrogen) atoms. The molecule has 0 bridgehead atoms. The number of benzene rings is 3. The van der Waals surface area contributed by atoms with Crippen molar-refractivity contribution in [1.29, 1.82) is 0 Å². The van der Waals surface area contributed by atoms with E-state index < -0.39 is 0 Å². The van der Waals surface area contributed by atoms with Crippen LogP contribution in [0.25, 0.3) is 78.6 Å². The first-order valence-electron chi connectivity index (χ1n) is 46.9. The SMILES string of the molecule is CC.CC.CC.CC.CC.CC.CC.CC.CC.CC.CC.CC.CC.CC.CC.CC.CC.CC.Cc1c(C)c2ccc[n+](C)c2c2c(C)cccc12.Cc1ccccc1-c1nccc[n+]1C.Cc1ccncc1-c1nccc[n+]1C.Cc1cnccc1-c1nccc[n+]1C.Cc1ncccc1-c1nccc[n+]1C.Cc1ncncc1-c1nccc[n+]1C. The van der Waals surface area contributed by atoms with Crippen molar-refractivity contribution in [3.8, 4) is 56.9 Å². The summed E-state index contributed by atoms with van der Waals surface area (Å²) in [6.07, 6.45) is 33.4. The standard InChI is InChI=1S/C17H18N.C12H13N2.3C11H12N3.C10H11N4.18C2H6/c1-11-7-5-8-14-12(2)13(3)15-9-6-10-18(4)17(15)16(11)14;1-10-6-3-4-7-11(10)12-13-8-5-9-14(12)2;1-9-8-12-6-4-10(9)11-13-5-3-7-14(11)2;1-9-4-6-12-8-10(9)11-13-5-3-7-14(11)2;1-9-10(5-3-6-12-9)11-13-7-4-8-14(11)2;1-8-9(6-11-7-13-8)10-12-4-3-5-14(10)2;18*1-2/h5-10H,1-4H3;3-9H,1-2H3;3*3-8H,1-2H3;3-7H,1-2H3;18*1-2H3/q6*+1;;;;;;;;;;;;;;;;;;. The maximum Gasteiger partial charge on any atom is 0.333 e. The number of aryl methyl sites for hydroxylation is 14. The number of rotatable bonds is 5. The second kappa shape index (κ2) is 97.7. The second-order valence-electron chi connectivity index (χ2n) is 21.3. The fourth-order valence-electron chi connectivity index (χ4n) is 10.0. The van der Waals surface area contributed by atoms with E-state index in [0.717, 1.165) is 68.3 Å². The summed E-state index contributed by atoms with van der Waals surface area (Å²) in [5.41, 5.74) is 16.4. The molecule has 0 radical (unpaired) electrons. The highest BCUT2D eigenvalue weighted by Crippen LogP contribution is 2.32. The van der Waals surface area contributed by atoms with Crippen LogP contribution in [0.3, 0.4) is 0 Å². The summed E-state index contributed by atoms with van der Waals surface area (Å²) in [6.45, 7) is 88.8. The van der Waals surface area contributed by atoms with Gasteiger partial charge in [0.2, 0.25) is 5.52 Å². The lowest BCUT2D eigenvalue weighted by atomic mass is 9.93. The molecule has 10 aromatic heterocycles. The van der Waals surface area contributed by atoms with E-state index in [-0.39, 0.29) is 0 Å². The van der Waals surface area contributed by atoms with Crippen LogP contribution in [-0.2, 0) is 42.3 Å². The minimum Gasteiger partial charge on any atom is -0.264 e. The van der Waals surface area contributed by atoms with Crippen LogP contribution in [0.1, 0.15) is 294 Å². The quantitative estimate of drug-likeness (QED) is 0.120. The Kier molecular flexibility index (Phi) is 108. The van der Waals surface area contributed by atoms with Gasteiger partial charge in [0.1, 0.15) is 49.9 Å². The summed E-state index contributed by atoms with van der Waals surface area (Å²) >= 11 is 0. The third kappa shape index (κ3) is 50.7. The first-order chi connectivity index (χ1) is 60.5. The topological polar surface area (TPSA) is 152 Å². The Labute approximate surface area is 764 Å². The van der Waals surface area contributed by atoms with Gasteiger partial charge in [0.25, 0.3) is 0 Å². The molecule has 0 atom stereocenters. The third-order valence-corrected chi connectivity index (χ3v) is 15.0. The zero-order valence-corrected chi connectivity index (χ0v) is 88.9. The van der Waals surface area contributed by atoms with Gasteiger partial charge in [-0.25, -0.2) is 37.4 Å². The molecule has 0 aliphatic carbocycles. The minimum absolute atomic E-state index is 0.880. The molecular formula is C108H186N16+6. The van der Waals surface area contributed by atoms with E-state index in [0.29, 0.717) is 0 Å². The maximum absolute atomic E-state index is 4.37. The number of pyridine rings is 4.